The fourth-order valence-corrected chi connectivity index (χ4v) is 3.08. The van der Waals surface area contributed by atoms with Gasteiger partial charge >= 0.3 is 5.97 Å². The molecule has 4 nitrogen and oxygen atoms in total. The number of carbonyl (C=O) groups is 2. The van der Waals surface area contributed by atoms with Crippen molar-refractivity contribution in [1.82, 2.24) is 0 Å². The van der Waals surface area contributed by atoms with Gasteiger partial charge in [0.05, 0.1) is 11.1 Å². The van der Waals surface area contributed by atoms with Gasteiger partial charge in [0.15, 0.2) is 5.76 Å². The molecule has 0 saturated heterocycles. The Morgan fingerprint density at radius 1 is 0.929 bits per heavy atom. The summed E-state index contributed by atoms with van der Waals surface area (Å²) in [7, 11) is 0. The maximum atomic E-state index is 12.6. The Morgan fingerprint density at radius 3 is 2.39 bits per heavy atom. The highest BCUT2D eigenvalue weighted by Gasteiger charge is 2.28. The van der Waals surface area contributed by atoms with Crippen LogP contribution in [0.5, 0.6) is 11.5 Å². The summed E-state index contributed by atoms with van der Waals surface area (Å²) < 4.78 is 11.2. The van der Waals surface area contributed by atoms with Gasteiger partial charge in [-0.2, -0.15) is 0 Å². The molecule has 0 N–H and O–H groups in total. The summed E-state index contributed by atoms with van der Waals surface area (Å²) in [5, 5.41) is 0. The van der Waals surface area contributed by atoms with Crippen molar-refractivity contribution in [3.8, 4) is 11.5 Å². The lowest BCUT2D eigenvalue weighted by Gasteiger charge is -2.07. The molecule has 0 spiro atoms. The van der Waals surface area contributed by atoms with Crippen molar-refractivity contribution in [3.05, 3.63) is 100 Å². The molecule has 4 heteroatoms. The monoisotopic (exact) mass is 370 g/mol. The Hall–Kier alpha value is -3.66. The number of esters is 1. The van der Waals surface area contributed by atoms with E-state index in [4.69, 9.17) is 9.47 Å². The summed E-state index contributed by atoms with van der Waals surface area (Å²) in [6, 6.07) is 19.8. The van der Waals surface area contributed by atoms with Gasteiger partial charge in [-0.1, -0.05) is 42.5 Å². The highest BCUT2D eigenvalue weighted by Crippen LogP contribution is 2.35. The zero-order chi connectivity index (χ0) is 19.7. The first-order valence-electron chi connectivity index (χ1n) is 8.94. The minimum atomic E-state index is -0.446. The molecule has 0 radical (unpaired) electrons. The maximum Gasteiger partial charge on any atom is 0.343 e. The number of ketones is 1. The number of fused-ring (bicyclic) bond motifs is 1. The van der Waals surface area contributed by atoms with E-state index in [1.54, 1.807) is 36.4 Å². The molecule has 0 bridgehead atoms. The van der Waals surface area contributed by atoms with Gasteiger partial charge < -0.3 is 9.47 Å². The van der Waals surface area contributed by atoms with Crippen molar-refractivity contribution in [2.45, 2.75) is 13.8 Å². The maximum absolute atomic E-state index is 12.6. The van der Waals surface area contributed by atoms with Gasteiger partial charge in [-0.15, -0.1) is 0 Å². The van der Waals surface area contributed by atoms with Crippen molar-refractivity contribution in [2.75, 3.05) is 0 Å². The van der Waals surface area contributed by atoms with Crippen molar-refractivity contribution >= 4 is 17.8 Å². The van der Waals surface area contributed by atoms with Gasteiger partial charge in [0.25, 0.3) is 0 Å². The predicted molar refractivity (Wildman–Crippen MR) is 107 cm³/mol. The molecule has 4 rings (SSSR count). The second-order valence-corrected chi connectivity index (χ2v) is 6.66. The minimum absolute atomic E-state index is 0.185. The average molecular weight is 370 g/mol. The Morgan fingerprint density at radius 2 is 1.64 bits per heavy atom. The molecule has 0 aliphatic carbocycles. The van der Waals surface area contributed by atoms with Crippen LogP contribution in [0, 0.1) is 13.8 Å². The normalized spacial score (nSPS) is 13.9. The molecule has 0 unspecified atom stereocenters. The number of allylic oxidation sites excluding steroid dienone is 1. The summed E-state index contributed by atoms with van der Waals surface area (Å²) in [5.41, 5.74) is 3.76. The highest BCUT2D eigenvalue weighted by molar-refractivity contribution is 6.14. The predicted octanol–water partition coefficient (Wildman–Crippen LogP) is 5.14. The van der Waals surface area contributed by atoms with E-state index in [0.717, 1.165) is 16.7 Å². The van der Waals surface area contributed by atoms with Crippen LogP contribution in [0.3, 0.4) is 0 Å². The van der Waals surface area contributed by atoms with Crippen LogP contribution in [0.25, 0.3) is 6.08 Å². The first-order valence-corrected chi connectivity index (χ1v) is 8.94. The van der Waals surface area contributed by atoms with E-state index in [1.165, 1.54) is 0 Å². The summed E-state index contributed by atoms with van der Waals surface area (Å²) in [6.45, 7) is 3.83. The number of rotatable bonds is 3. The Kier molecular flexibility index (Phi) is 4.53. The molecule has 1 aliphatic rings. The second kappa shape index (κ2) is 7.16. The number of ether oxygens (including phenoxy) is 2. The van der Waals surface area contributed by atoms with Gasteiger partial charge in [0.1, 0.15) is 11.5 Å². The molecule has 1 heterocycles. The molecule has 138 valence electrons. The number of hydrogen-bond acceptors (Lipinski definition) is 4. The molecular formula is C24H18O4. The number of aryl methyl sites for hydroxylation is 2. The van der Waals surface area contributed by atoms with Gasteiger partial charge in [0.2, 0.25) is 5.78 Å². The van der Waals surface area contributed by atoms with E-state index >= 15 is 0 Å². The third kappa shape index (κ3) is 3.32. The molecule has 0 fully saturated rings. The molecule has 0 aromatic heterocycles. The molecular weight excluding hydrogens is 352 g/mol. The van der Waals surface area contributed by atoms with Crippen molar-refractivity contribution in [2.24, 2.45) is 0 Å². The fourth-order valence-electron chi connectivity index (χ4n) is 3.08. The minimum Gasteiger partial charge on any atom is -0.452 e. The summed E-state index contributed by atoms with van der Waals surface area (Å²) in [5.74, 6) is 0.344. The van der Waals surface area contributed by atoms with Crippen LogP contribution in [0.2, 0.25) is 0 Å². The fraction of sp³-hybridized carbons (Fsp3) is 0.0833. The number of hydrogen-bond donors (Lipinski definition) is 0. The lowest BCUT2D eigenvalue weighted by Crippen LogP contribution is -2.10. The van der Waals surface area contributed by atoms with E-state index < -0.39 is 5.97 Å². The van der Waals surface area contributed by atoms with Gasteiger partial charge in [-0.05, 0) is 54.8 Å². The van der Waals surface area contributed by atoms with E-state index in [2.05, 4.69) is 0 Å². The van der Waals surface area contributed by atoms with E-state index in [-0.39, 0.29) is 11.5 Å². The topological polar surface area (TPSA) is 52.6 Å². The Labute approximate surface area is 163 Å². The number of carbonyl (C=O) groups excluding carboxylic acids is 2. The molecule has 0 atom stereocenters. The van der Waals surface area contributed by atoms with Gasteiger partial charge in [0, 0.05) is 6.07 Å². The van der Waals surface area contributed by atoms with Gasteiger partial charge in [-0.25, -0.2) is 4.79 Å². The van der Waals surface area contributed by atoms with Crippen molar-refractivity contribution < 1.29 is 19.1 Å². The molecule has 1 aliphatic heterocycles. The Bertz CT molecular complexity index is 1120. The second-order valence-electron chi connectivity index (χ2n) is 6.66. The summed E-state index contributed by atoms with van der Waals surface area (Å²) >= 11 is 0. The average Bonchev–Trinajstić information content (AvgIpc) is 2.99. The van der Waals surface area contributed by atoms with E-state index in [1.807, 2.05) is 50.2 Å². The SMILES string of the molecule is Cc1ccccc1/C=C1/Oc2cc(OC(=O)c3ccccc3C)ccc2C1=O. The smallest absolute Gasteiger partial charge is 0.343 e. The lowest BCUT2D eigenvalue weighted by atomic mass is 10.1. The number of benzene rings is 3. The van der Waals surface area contributed by atoms with Crippen LogP contribution in [-0.4, -0.2) is 11.8 Å². The van der Waals surface area contributed by atoms with Crippen LogP contribution >= 0.6 is 0 Å². The first kappa shape index (κ1) is 17.7. The highest BCUT2D eigenvalue weighted by atomic mass is 16.5. The standard InChI is InChI=1S/C24H18O4/c1-15-7-3-5-9-17(15)13-22-23(25)20-12-11-18(14-21(20)28-22)27-24(26)19-10-6-4-8-16(19)2/h3-14H,1-2H3/b22-13+. The lowest BCUT2D eigenvalue weighted by molar-refractivity contribution is 0.0733. The zero-order valence-electron chi connectivity index (χ0n) is 15.6. The van der Waals surface area contributed by atoms with Crippen LogP contribution in [0.15, 0.2) is 72.5 Å². The summed E-state index contributed by atoms with van der Waals surface area (Å²) in [4.78, 5) is 25.0. The van der Waals surface area contributed by atoms with E-state index in [0.29, 0.717) is 22.6 Å². The molecule has 28 heavy (non-hydrogen) atoms. The van der Waals surface area contributed by atoms with Gasteiger partial charge in [-0.3, -0.25) is 4.79 Å². The summed E-state index contributed by atoms with van der Waals surface area (Å²) in [6.07, 6.45) is 1.73. The zero-order valence-corrected chi connectivity index (χ0v) is 15.6. The van der Waals surface area contributed by atoms with Crippen LogP contribution in [0.4, 0.5) is 0 Å². The third-order valence-corrected chi connectivity index (χ3v) is 4.69. The Balaban J connectivity index is 1.58. The van der Waals surface area contributed by atoms with Crippen LogP contribution in [0.1, 0.15) is 37.4 Å². The first-order chi connectivity index (χ1) is 13.5. The van der Waals surface area contributed by atoms with Crippen molar-refractivity contribution in [3.63, 3.8) is 0 Å². The van der Waals surface area contributed by atoms with E-state index in [9.17, 15) is 9.59 Å². The van der Waals surface area contributed by atoms with Crippen LogP contribution in [-0.2, 0) is 0 Å². The molecule has 0 amide bonds. The molecule has 0 saturated carbocycles. The van der Waals surface area contributed by atoms with Crippen molar-refractivity contribution in [1.29, 1.82) is 0 Å². The quantitative estimate of drug-likeness (QED) is 0.364. The third-order valence-electron chi connectivity index (χ3n) is 4.69. The largest absolute Gasteiger partial charge is 0.452 e. The number of Topliss-reactive ketones (excluding diaryl/α,β-unsaturated/α-hetero) is 1. The molecule has 3 aromatic rings. The molecule has 3 aromatic carbocycles. The van der Waals surface area contributed by atoms with Crippen LogP contribution < -0.4 is 9.47 Å².